The maximum Gasteiger partial charge on any atom is 0.280 e. The second kappa shape index (κ2) is 9.45. The number of hydrogen-bond acceptors (Lipinski definition) is 6. The third kappa shape index (κ3) is 4.76. The van der Waals surface area contributed by atoms with Gasteiger partial charge in [0.05, 0.1) is 4.90 Å². The molecule has 9 nitrogen and oxygen atoms in total. The smallest absolute Gasteiger partial charge is 0.280 e. The summed E-state index contributed by atoms with van der Waals surface area (Å²) in [6.07, 6.45) is 0. The summed E-state index contributed by atoms with van der Waals surface area (Å²) in [4.78, 5) is 27.4. The van der Waals surface area contributed by atoms with Gasteiger partial charge < -0.3 is 10.2 Å². The number of carbonyl (C=O) groups is 1. The fraction of sp³-hybridized carbons (Fsp3) is 0.261. The summed E-state index contributed by atoms with van der Waals surface area (Å²) in [5.41, 5.74) is -0.439. The highest BCUT2D eigenvalue weighted by molar-refractivity contribution is 7.89. The molecule has 0 saturated carbocycles. The van der Waals surface area contributed by atoms with E-state index in [9.17, 15) is 22.4 Å². The predicted molar refractivity (Wildman–Crippen MR) is 125 cm³/mol. The molecule has 1 aromatic heterocycles. The number of amides is 1. The fourth-order valence-corrected chi connectivity index (χ4v) is 5.14. The van der Waals surface area contributed by atoms with Crippen molar-refractivity contribution < 1.29 is 17.6 Å². The molecule has 0 aliphatic carbocycles. The number of benzene rings is 2. The first-order chi connectivity index (χ1) is 16.2. The highest BCUT2D eigenvalue weighted by atomic mass is 32.2. The Bertz CT molecular complexity index is 1400. The molecule has 1 saturated heterocycles. The first kappa shape index (κ1) is 23.7. The summed E-state index contributed by atoms with van der Waals surface area (Å²) in [6.45, 7) is 3.58. The van der Waals surface area contributed by atoms with Crippen LogP contribution in [0.4, 0.5) is 10.1 Å². The molecule has 0 spiro atoms. The third-order valence-electron chi connectivity index (χ3n) is 5.60. The number of para-hydroxylation sites is 1. The van der Waals surface area contributed by atoms with Crippen molar-refractivity contribution in [1.29, 1.82) is 0 Å². The van der Waals surface area contributed by atoms with Crippen LogP contribution in [0, 0.1) is 12.7 Å². The number of aromatic nitrogens is 2. The molecule has 1 fully saturated rings. The average Bonchev–Trinajstić information content (AvgIpc) is 2.80. The third-order valence-corrected chi connectivity index (χ3v) is 7.49. The van der Waals surface area contributed by atoms with Gasteiger partial charge in [-0.05, 0) is 44.3 Å². The molecule has 3 aromatic rings. The fourth-order valence-electron chi connectivity index (χ4n) is 3.67. The summed E-state index contributed by atoms with van der Waals surface area (Å²) < 4.78 is 42.9. The van der Waals surface area contributed by atoms with E-state index in [0.29, 0.717) is 31.9 Å². The van der Waals surface area contributed by atoms with Crippen molar-refractivity contribution in [3.05, 3.63) is 82.0 Å². The average molecular weight is 486 g/mol. The number of halogens is 1. The lowest BCUT2D eigenvalue weighted by molar-refractivity contribution is 0.101. The van der Waals surface area contributed by atoms with Gasteiger partial charge >= 0.3 is 0 Å². The normalized spacial score (nSPS) is 15.3. The molecule has 0 radical (unpaired) electrons. The van der Waals surface area contributed by atoms with Crippen molar-refractivity contribution in [3.63, 3.8) is 0 Å². The number of anilines is 1. The minimum atomic E-state index is -3.74. The Morgan fingerprint density at radius 2 is 1.74 bits per heavy atom. The Kier molecular flexibility index (Phi) is 6.60. The van der Waals surface area contributed by atoms with E-state index in [0.717, 1.165) is 0 Å². The molecule has 0 atom stereocenters. The highest BCUT2D eigenvalue weighted by Crippen LogP contribution is 2.21. The zero-order valence-electron chi connectivity index (χ0n) is 18.7. The molecule has 1 aliphatic heterocycles. The van der Waals surface area contributed by atoms with Crippen LogP contribution in [0.25, 0.3) is 5.69 Å². The van der Waals surface area contributed by atoms with Crippen molar-refractivity contribution >= 4 is 21.6 Å². The van der Waals surface area contributed by atoms with Crippen molar-refractivity contribution in [1.82, 2.24) is 19.0 Å². The van der Waals surface area contributed by atoms with Gasteiger partial charge in [0.2, 0.25) is 15.5 Å². The van der Waals surface area contributed by atoms with Gasteiger partial charge in [-0.3, -0.25) is 9.59 Å². The summed E-state index contributed by atoms with van der Waals surface area (Å²) in [5.74, 6) is -1.39. The van der Waals surface area contributed by atoms with Gasteiger partial charge in [-0.1, -0.05) is 18.2 Å². The first-order valence-corrected chi connectivity index (χ1v) is 12.1. The molecule has 1 aliphatic rings. The second-order valence-corrected chi connectivity index (χ2v) is 9.99. The van der Waals surface area contributed by atoms with Crippen LogP contribution < -0.4 is 10.7 Å². The molecule has 2 heterocycles. The maximum absolute atomic E-state index is 14.3. The summed E-state index contributed by atoms with van der Waals surface area (Å²) >= 11 is 0. The van der Waals surface area contributed by atoms with Crippen LogP contribution >= 0.6 is 0 Å². The van der Waals surface area contributed by atoms with Crippen LogP contribution in [0.5, 0.6) is 0 Å². The summed E-state index contributed by atoms with van der Waals surface area (Å²) in [7, 11) is -1.81. The number of nitrogens with zero attached hydrogens (tertiary/aromatic N) is 4. The number of likely N-dealkylation sites (N-methyl/N-ethyl adjacent to an activating group) is 1. The van der Waals surface area contributed by atoms with Gasteiger partial charge in [0.15, 0.2) is 5.69 Å². The molecule has 4 rings (SSSR count). The number of sulfonamides is 1. The van der Waals surface area contributed by atoms with Gasteiger partial charge in [-0.25, -0.2) is 17.5 Å². The van der Waals surface area contributed by atoms with E-state index >= 15 is 0 Å². The van der Waals surface area contributed by atoms with E-state index in [1.165, 1.54) is 57.5 Å². The van der Waals surface area contributed by atoms with E-state index in [1.807, 2.05) is 11.9 Å². The largest absolute Gasteiger partial charge is 0.320 e. The Hall–Kier alpha value is -3.41. The second-order valence-electron chi connectivity index (χ2n) is 8.05. The van der Waals surface area contributed by atoms with Crippen LogP contribution in [0.2, 0.25) is 0 Å². The first-order valence-electron chi connectivity index (χ1n) is 10.6. The lowest BCUT2D eigenvalue weighted by Gasteiger charge is -2.31. The minimum absolute atomic E-state index is 0.0375. The lowest BCUT2D eigenvalue weighted by atomic mass is 10.2. The summed E-state index contributed by atoms with van der Waals surface area (Å²) in [6, 6.07) is 12.9. The number of aryl methyl sites for hydroxylation is 1. The van der Waals surface area contributed by atoms with Crippen LogP contribution in [0.1, 0.15) is 16.2 Å². The quantitative estimate of drug-likeness (QED) is 0.592. The van der Waals surface area contributed by atoms with Crippen molar-refractivity contribution in [3.8, 4) is 5.69 Å². The topological polar surface area (TPSA) is 105 Å². The molecule has 0 bridgehead atoms. The Balaban J connectivity index is 1.61. The van der Waals surface area contributed by atoms with Crippen LogP contribution in [-0.4, -0.2) is 66.5 Å². The predicted octanol–water partition coefficient (Wildman–Crippen LogP) is 1.87. The number of hydrogen-bond donors (Lipinski definition) is 1. The maximum atomic E-state index is 14.3. The van der Waals surface area contributed by atoms with Gasteiger partial charge in [-0.15, -0.1) is 0 Å². The van der Waals surface area contributed by atoms with Crippen molar-refractivity contribution in [2.45, 2.75) is 11.8 Å². The van der Waals surface area contributed by atoms with Crippen molar-refractivity contribution in [2.24, 2.45) is 0 Å². The molecular weight excluding hydrogens is 461 g/mol. The monoisotopic (exact) mass is 485 g/mol. The number of carbonyl (C=O) groups excluding carboxylic acids is 1. The standard InChI is InChI=1S/C23H24FN5O4S/c1-16-14-21(30)22(26-29(16)20-9-4-3-8-19(20)24)23(31)25-17-6-5-7-18(15-17)34(32,33)28-12-10-27(2)11-13-28/h3-9,14-15H,10-13H2,1-2H3,(H,25,31). The number of nitrogens with one attached hydrogen (secondary N) is 1. The molecule has 1 N–H and O–H groups in total. The molecule has 2 aromatic carbocycles. The Morgan fingerprint density at radius 1 is 1.03 bits per heavy atom. The van der Waals surface area contributed by atoms with Crippen molar-refractivity contribution in [2.75, 3.05) is 38.5 Å². The molecule has 34 heavy (non-hydrogen) atoms. The van der Waals surface area contributed by atoms with Crippen LogP contribution in [0.3, 0.4) is 0 Å². The van der Waals surface area contributed by atoms with E-state index in [-0.39, 0.29) is 16.3 Å². The molecule has 0 unspecified atom stereocenters. The van der Waals surface area contributed by atoms with Crippen LogP contribution in [-0.2, 0) is 10.0 Å². The van der Waals surface area contributed by atoms with Gasteiger partial charge in [0.1, 0.15) is 11.5 Å². The Labute approximate surface area is 196 Å². The zero-order valence-corrected chi connectivity index (χ0v) is 19.5. The van der Waals surface area contributed by atoms with Gasteiger partial charge in [0, 0.05) is 43.6 Å². The molecule has 1 amide bonds. The molecular formula is C23H24FN5O4S. The highest BCUT2D eigenvalue weighted by Gasteiger charge is 2.28. The van der Waals surface area contributed by atoms with Gasteiger partial charge in [0.25, 0.3) is 5.91 Å². The number of rotatable bonds is 5. The molecule has 11 heteroatoms. The SMILES string of the molecule is Cc1cc(=O)c(C(=O)Nc2cccc(S(=O)(=O)N3CCN(C)CC3)c2)nn1-c1ccccc1F. The molecule has 178 valence electrons. The van der Waals surface area contributed by atoms with Gasteiger partial charge in [-0.2, -0.15) is 9.40 Å². The lowest BCUT2D eigenvalue weighted by Crippen LogP contribution is -2.47. The minimum Gasteiger partial charge on any atom is -0.320 e. The number of piperazine rings is 1. The van der Waals surface area contributed by atoms with Crippen LogP contribution in [0.15, 0.2) is 64.3 Å². The van der Waals surface area contributed by atoms with E-state index in [2.05, 4.69) is 10.4 Å². The summed E-state index contributed by atoms with van der Waals surface area (Å²) in [5, 5.41) is 6.61. The van der Waals surface area contributed by atoms with E-state index < -0.39 is 32.9 Å². The van der Waals surface area contributed by atoms with E-state index in [1.54, 1.807) is 13.0 Å². The Morgan fingerprint density at radius 3 is 2.44 bits per heavy atom. The van der Waals surface area contributed by atoms with E-state index in [4.69, 9.17) is 0 Å². The zero-order chi connectivity index (χ0) is 24.5.